The highest BCUT2D eigenvalue weighted by atomic mass is 35.6. The fourth-order valence-corrected chi connectivity index (χ4v) is 2.79. The predicted molar refractivity (Wildman–Crippen MR) is 87.6 cm³/mol. The zero-order valence-corrected chi connectivity index (χ0v) is 13.5. The highest BCUT2D eigenvalue weighted by Gasteiger charge is 2.27. The average Bonchev–Trinajstić information content (AvgIpc) is 2.96. The molecule has 1 aliphatic carbocycles. The van der Waals surface area contributed by atoms with Gasteiger partial charge in [0, 0.05) is 11.3 Å². The molecule has 2 aromatic rings. The molecule has 108 valence electrons. The summed E-state index contributed by atoms with van der Waals surface area (Å²) in [5.74, 6) is 7.09. The number of benzene rings is 1. The first-order chi connectivity index (χ1) is 10.0. The number of aromatic nitrogens is 2. The van der Waals surface area contributed by atoms with E-state index in [9.17, 15) is 0 Å². The Balaban J connectivity index is 2.10. The first-order valence-corrected chi connectivity index (χ1v) is 8.03. The van der Waals surface area contributed by atoms with E-state index in [1.54, 1.807) is 0 Å². The Morgan fingerprint density at radius 2 is 1.76 bits per heavy atom. The van der Waals surface area contributed by atoms with Crippen LogP contribution >= 0.6 is 34.8 Å². The molecular formula is C16H13Cl3N2. The van der Waals surface area contributed by atoms with Gasteiger partial charge in [0.15, 0.2) is 5.82 Å². The molecule has 0 aliphatic heterocycles. The van der Waals surface area contributed by atoms with Gasteiger partial charge in [0.05, 0.1) is 5.52 Å². The maximum atomic E-state index is 5.92. The number of halogens is 3. The molecule has 1 aromatic heterocycles. The Morgan fingerprint density at radius 3 is 2.48 bits per heavy atom. The topological polar surface area (TPSA) is 25.8 Å². The molecule has 0 atom stereocenters. The summed E-state index contributed by atoms with van der Waals surface area (Å²) < 4.78 is -1.65. The van der Waals surface area contributed by atoms with Gasteiger partial charge in [0.25, 0.3) is 0 Å². The maximum Gasteiger partial charge on any atom is 0.250 e. The fourth-order valence-electron chi connectivity index (χ4n) is 2.54. The molecule has 0 N–H and O–H groups in total. The van der Waals surface area contributed by atoms with E-state index >= 15 is 0 Å². The van der Waals surface area contributed by atoms with E-state index in [2.05, 4.69) is 21.8 Å². The van der Waals surface area contributed by atoms with Gasteiger partial charge in [-0.15, -0.1) is 0 Å². The Kier molecular flexibility index (Phi) is 4.26. The van der Waals surface area contributed by atoms with Crippen LogP contribution in [0.15, 0.2) is 24.3 Å². The van der Waals surface area contributed by atoms with E-state index in [0.29, 0.717) is 11.6 Å². The summed E-state index contributed by atoms with van der Waals surface area (Å²) in [4.78, 5) is 8.66. The highest BCUT2D eigenvalue weighted by Crippen LogP contribution is 2.36. The summed E-state index contributed by atoms with van der Waals surface area (Å²) in [6.45, 7) is 0. The van der Waals surface area contributed by atoms with Crippen LogP contribution in [0, 0.1) is 17.8 Å². The van der Waals surface area contributed by atoms with Crippen molar-refractivity contribution in [1.82, 2.24) is 9.97 Å². The number of hydrogen-bond acceptors (Lipinski definition) is 2. The predicted octanol–water partition coefficient (Wildman–Crippen LogP) is 5.00. The molecule has 0 spiro atoms. The molecule has 1 saturated carbocycles. The maximum absolute atomic E-state index is 5.92. The second-order valence-corrected chi connectivity index (χ2v) is 7.44. The summed E-state index contributed by atoms with van der Waals surface area (Å²) in [5, 5.41) is 0.890. The van der Waals surface area contributed by atoms with Crippen LogP contribution in [0.4, 0.5) is 0 Å². The van der Waals surface area contributed by atoms with Crippen molar-refractivity contribution in [2.75, 3.05) is 0 Å². The molecule has 0 unspecified atom stereocenters. The third kappa shape index (κ3) is 3.43. The molecule has 1 aromatic carbocycles. The van der Waals surface area contributed by atoms with Crippen molar-refractivity contribution in [3.63, 3.8) is 0 Å². The van der Waals surface area contributed by atoms with Crippen molar-refractivity contribution < 1.29 is 0 Å². The molecule has 0 radical (unpaired) electrons. The SMILES string of the molecule is ClC(Cl)(Cl)c1nc(C#CC2CCCC2)c2ccccc2n1. The largest absolute Gasteiger partial charge is 0.250 e. The van der Waals surface area contributed by atoms with Gasteiger partial charge in [-0.25, -0.2) is 9.97 Å². The summed E-state index contributed by atoms with van der Waals surface area (Å²) in [5.41, 5.74) is 1.37. The van der Waals surface area contributed by atoms with Crippen molar-refractivity contribution in [1.29, 1.82) is 0 Å². The summed E-state index contributed by atoms with van der Waals surface area (Å²) in [7, 11) is 0. The van der Waals surface area contributed by atoms with Crippen molar-refractivity contribution in [2.24, 2.45) is 5.92 Å². The molecule has 1 fully saturated rings. The molecule has 0 saturated heterocycles. The van der Waals surface area contributed by atoms with Crippen LogP contribution in [0.25, 0.3) is 10.9 Å². The molecular weight excluding hydrogens is 327 g/mol. The lowest BCUT2D eigenvalue weighted by Gasteiger charge is -2.11. The van der Waals surface area contributed by atoms with Gasteiger partial charge in [-0.1, -0.05) is 65.7 Å². The minimum Gasteiger partial charge on any atom is -0.228 e. The van der Waals surface area contributed by atoms with E-state index in [0.717, 1.165) is 23.7 Å². The zero-order chi connectivity index (χ0) is 14.9. The molecule has 3 rings (SSSR count). The van der Waals surface area contributed by atoms with Gasteiger partial charge in [0.2, 0.25) is 3.79 Å². The Labute approximate surface area is 138 Å². The van der Waals surface area contributed by atoms with Crippen LogP contribution in [-0.4, -0.2) is 9.97 Å². The first kappa shape index (κ1) is 14.9. The zero-order valence-electron chi connectivity index (χ0n) is 11.2. The monoisotopic (exact) mass is 338 g/mol. The minimum absolute atomic E-state index is 0.168. The second kappa shape index (κ2) is 6.01. The molecule has 0 amide bonds. The molecule has 1 heterocycles. The van der Waals surface area contributed by atoms with Crippen molar-refractivity contribution in [3.05, 3.63) is 35.8 Å². The number of rotatable bonds is 0. The first-order valence-electron chi connectivity index (χ1n) is 6.89. The number of hydrogen-bond donors (Lipinski definition) is 0. The molecule has 1 aliphatic rings. The van der Waals surface area contributed by atoms with Crippen LogP contribution in [0.3, 0.4) is 0 Å². The second-order valence-electron chi connectivity index (χ2n) is 5.16. The molecule has 2 nitrogen and oxygen atoms in total. The van der Waals surface area contributed by atoms with Gasteiger partial charge < -0.3 is 0 Å². The number of nitrogens with zero attached hydrogens (tertiary/aromatic N) is 2. The van der Waals surface area contributed by atoms with Gasteiger partial charge >= 0.3 is 0 Å². The third-order valence-corrected chi connectivity index (χ3v) is 4.11. The molecule has 21 heavy (non-hydrogen) atoms. The summed E-state index contributed by atoms with van der Waals surface area (Å²) in [6, 6.07) is 7.64. The van der Waals surface area contributed by atoms with Gasteiger partial charge in [-0.3, -0.25) is 0 Å². The van der Waals surface area contributed by atoms with Crippen molar-refractivity contribution in [3.8, 4) is 11.8 Å². The number of fused-ring (bicyclic) bond motifs is 1. The van der Waals surface area contributed by atoms with Crippen LogP contribution in [-0.2, 0) is 3.79 Å². The summed E-state index contributed by atoms with van der Waals surface area (Å²) >= 11 is 17.7. The van der Waals surface area contributed by atoms with Crippen LogP contribution in [0.1, 0.15) is 37.2 Å². The van der Waals surface area contributed by atoms with Crippen molar-refractivity contribution in [2.45, 2.75) is 29.5 Å². The number of alkyl halides is 3. The van der Waals surface area contributed by atoms with E-state index < -0.39 is 3.79 Å². The van der Waals surface area contributed by atoms with Crippen LogP contribution in [0.2, 0.25) is 0 Å². The lowest BCUT2D eigenvalue weighted by atomic mass is 10.1. The van der Waals surface area contributed by atoms with E-state index in [-0.39, 0.29) is 5.82 Å². The average molecular weight is 340 g/mol. The van der Waals surface area contributed by atoms with Gasteiger partial charge in [-0.05, 0) is 30.9 Å². The fraction of sp³-hybridized carbons (Fsp3) is 0.375. The smallest absolute Gasteiger partial charge is 0.228 e. The van der Waals surface area contributed by atoms with Crippen LogP contribution < -0.4 is 0 Å². The minimum atomic E-state index is -1.65. The van der Waals surface area contributed by atoms with Crippen LogP contribution in [0.5, 0.6) is 0 Å². The summed E-state index contributed by atoms with van der Waals surface area (Å²) in [6.07, 6.45) is 4.83. The van der Waals surface area contributed by atoms with E-state index in [1.807, 2.05) is 24.3 Å². The lowest BCUT2D eigenvalue weighted by Crippen LogP contribution is -2.09. The Morgan fingerprint density at radius 1 is 1.05 bits per heavy atom. The van der Waals surface area contributed by atoms with Gasteiger partial charge in [0.1, 0.15) is 5.69 Å². The Bertz CT molecular complexity index is 720. The standard InChI is InChI=1S/C16H13Cl3N2/c17-16(18,19)15-20-13-8-4-3-7-12(13)14(21-15)10-9-11-5-1-2-6-11/h3-4,7-8,11H,1-2,5-6H2. The highest BCUT2D eigenvalue weighted by molar-refractivity contribution is 6.66. The van der Waals surface area contributed by atoms with E-state index in [4.69, 9.17) is 34.8 Å². The Hall–Kier alpha value is -1.01. The van der Waals surface area contributed by atoms with Gasteiger partial charge in [-0.2, -0.15) is 0 Å². The number of para-hydroxylation sites is 1. The third-order valence-electron chi connectivity index (χ3n) is 3.61. The quantitative estimate of drug-likeness (QED) is 0.499. The molecule has 0 bridgehead atoms. The normalized spacial score (nSPS) is 16.0. The van der Waals surface area contributed by atoms with E-state index in [1.165, 1.54) is 12.8 Å². The lowest BCUT2D eigenvalue weighted by molar-refractivity contribution is 0.712. The molecule has 5 heteroatoms. The van der Waals surface area contributed by atoms with Crippen molar-refractivity contribution >= 4 is 45.7 Å².